The smallest absolute Gasteiger partial charge is 0.304 e. The third-order valence-corrected chi connectivity index (χ3v) is 4.54. The molecular formula is C11H15FN2O5S. The summed E-state index contributed by atoms with van der Waals surface area (Å²) in [6, 6.07) is 2.41. The molecule has 112 valence electrons. The molecular weight excluding hydrogens is 291 g/mol. The van der Waals surface area contributed by atoms with Crippen LogP contribution >= 0.6 is 0 Å². The molecule has 1 aromatic rings. The van der Waals surface area contributed by atoms with E-state index in [4.69, 9.17) is 5.11 Å². The van der Waals surface area contributed by atoms with Crippen molar-refractivity contribution in [1.82, 2.24) is 4.31 Å². The minimum Gasteiger partial charge on any atom is -0.393 e. The fraction of sp³-hybridized carbons (Fsp3) is 0.455. The predicted octanol–water partition coefficient (Wildman–Crippen LogP) is 1.13. The molecule has 0 amide bonds. The summed E-state index contributed by atoms with van der Waals surface area (Å²) in [5.74, 6) is -1.21. The Morgan fingerprint density at radius 1 is 1.50 bits per heavy atom. The SMILES string of the molecule is CC(O)CCN(C)S(=O)(=O)c1ccc([N+](=O)[O-])c(F)c1. The van der Waals surface area contributed by atoms with Crippen molar-refractivity contribution in [1.29, 1.82) is 0 Å². The van der Waals surface area contributed by atoms with E-state index in [-0.39, 0.29) is 17.9 Å². The maximum absolute atomic E-state index is 13.4. The van der Waals surface area contributed by atoms with E-state index in [1.807, 2.05) is 0 Å². The zero-order chi connectivity index (χ0) is 15.5. The molecule has 20 heavy (non-hydrogen) atoms. The summed E-state index contributed by atoms with van der Waals surface area (Å²) in [5, 5.41) is 19.6. The number of sulfonamides is 1. The first-order valence-corrected chi connectivity index (χ1v) is 7.18. The number of rotatable bonds is 6. The van der Waals surface area contributed by atoms with Crippen LogP contribution in [0.4, 0.5) is 10.1 Å². The first kappa shape index (κ1) is 16.5. The third kappa shape index (κ3) is 3.71. The first-order chi connectivity index (χ1) is 9.16. The average Bonchev–Trinajstić information content (AvgIpc) is 2.34. The van der Waals surface area contributed by atoms with E-state index in [0.717, 1.165) is 16.4 Å². The van der Waals surface area contributed by atoms with Gasteiger partial charge >= 0.3 is 5.69 Å². The van der Waals surface area contributed by atoms with E-state index < -0.39 is 32.6 Å². The number of aliphatic hydroxyl groups excluding tert-OH is 1. The molecule has 1 N–H and O–H groups in total. The van der Waals surface area contributed by atoms with Crippen LogP contribution in [0, 0.1) is 15.9 Å². The van der Waals surface area contributed by atoms with Crippen molar-refractivity contribution in [2.75, 3.05) is 13.6 Å². The summed E-state index contributed by atoms with van der Waals surface area (Å²) in [6.07, 6.45) is -0.438. The van der Waals surface area contributed by atoms with Gasteiger partial charge in [-0.2, -0.15) is 4.39 Å². The Morgan fingerprint density at radius 2 is 2.10 bits per heavy atom. The normalized spacial score (nSPS) is 13.4. The fourth-order valence-electron chi connectivity index (χ4n) is 1.46. The molecule has 1 atom stereocenters. The highest BCUT2D eigenvalue weighted by atomic mass is 32.2. The Hall–Kier alpha value is -1.58. The average molecular weight is 306 g/mol. The lowest BCUT2D eigenvalue weighted by molar-refractivity contribution is -0.387. The van der Waals surface area contributed by atoms with Gasteiger partial charge in [0.2, 0.25) is 15.8 Å². The maximum Gasteiger partial charge on any atom is 0.304 e. The van der Waals surface area contributed by atoms with Crippen LogP contribution in [0.25, 0.3) is 0 Å². The Morgan fingerprint density at radius 3 is 2.55 bits per heavy atom. The van der Waals surface area contributed by atoms with Gasteiger partial charge in [0.25, 0.3) is 0 Å². The zero-order valence-electron chi connectivity index (χ0n) is 11.0. The van der Waals surface area contributed by atoms with Crippen molar-refractivity contribution in [3.05, 3.63) is 34.1 Å². The van der Waals surface area contributed by atoms with Crippen molar-refractivity contribution < 1.29 is 22.8 Å². The summed E-state index contributed by atoms with van der Waals surface area (Å²) in [6.45, 7) is 1.57. The quantitative estimate of drug-likeness (QED) is 0.627. The van der Waals surface area contributed by atoms with Crippen molar-refractivity contribution in [3.63, 3.8) is 0 Å². The van der Waals surface area contributed by atoms with Gasteiger partial charge in [0.15, 0.2) is 0 Å². The van der Waals surface area contributed by atoms with Crippen LogP contribution in [0.15, 0.2) is 23.1 Å². The summed E-state index contributed by atoms with van der Waals surface area (Å²) in [5.41, 5.74) is -0.782. The molecule has 0 aliphatic heterocycles. The minimum atomic E-state index is -3.94. The summed E-state index contributed by atoms with van der Waals surface area (Å²) in [4.78, 5) is 9.18. The summed E-state index contributed by atoms with van der Waals surface area (Å²) >= 11 is 0. The molecule has 0 aliphatic rings. The molecule has 0 aliphatic carbocycles. The van der Waals surface area contributed by atoms with Gasteiger partial charge in [-0.1, -0.05) is 0 Å². The number of nitrogens with zero attached hydrogens (tertiary/aromatic N) is 2. The van der Waals surface area contributed by atoms with Crippen LogP contribution in [0.2, 0.25) is 0 Å². The molecule has 0 radical (unpaired) electrons. The number of nitro groups is 1. The minimum absolute atomic E-state index is 0.0542. The highest BCUT2D eigenvalue weighted by Gasteiger charge is 2.24. The topological polar surface area (TPSA) is 101 Å². The molecule has 0 heterocycles. The number of halogens is 1. The van der Waals surface area contributed by atoms with Gasteiger partial charge < -0.3 is 5.11 Å². The van der Waals surface area contributed by atoms with Crippen LogP contribution in [0.3, 0.4) is 0 Å². The highest BCUT2D eigenvalue weighted by molar-refractivity contribution is 7.89. The largest absolute Gasteiger partial charge is 0.393 e. The van der Waals surface area contributed by atoms with E-state index in [1.54, 1.807) is 0 Å². The second kappa shape index (κ2) is 6.25. The van der Waals surface area contributed by atoms with Crippen LogP contribution in [-0.2, 0) is 10.0 Å². The Labute approximate surface area is 115 Å². The summed E-state index contributed by atoms with van der Waals surface area (Å²) in [7, 11) is -2.65. The van der Waals surface area contributed by atoms with E-state index in [0.29, 0.717) is 6.07 Å². The summed E-state index contributed by atoms with van der Waals surface area (Å²) < 4.78 is 38.6. The lowest BCUT2D eigenvalue weighted by atomic mass is 10.3. The van der Waals surface area contributed by atoms with Crippen molar-refractivity contribution >= 4 is 15.7 Å². The van der Waals surface area contributed by atoms with Crippen molar-refractivity contribution in [2.45, 2.75) is 24.3 Å². The van der Waals surface area contributed by atoms with Crippen LogP contribution in [0.5, 0.6) is 0 Å². The van der Waals surface area contributed by atoms with Gasteiger partial charge in [-0.3, -0.25) is 10.1 Å². The molecule has 0 saturated heterocycles. The zero-order valence-corrected chi connectivity index (χ0v) is 11.8. The molecule has 1 rings (SSSR count). The van der Waals surface area contributed by atoms with Crippen molar-refractivity contribution in [2.24, 2.45) is 0 Å². The molecule has 0 bridgehead atoms. The van der Waals surface area contributed by atoms with E-state index >= 15 is 0 Å². The van der Waals surface area contributed by atoms with Gasteiger partial charge in [-0.25, -0.2) is 12.7 Å². The molecule has 1 unspecified atom stereocenters. The van der Waals surface area contributed by atoms with Gasteiger partial charge in [0.1, 0.15) is 0 Å². The van der Waals surface area contributed by atoms with E-state index in [1.165, 1.54) is 14.0 Å². The van der Waals surface area contributed by atoms with Crippen molar-refractivity contribution in [3.8, 4) is 0 Å². The molecule has 0 saturated carbocycles. The second-order valence-electron chi connectivity index (χ2n) is 4.33. The molecule has 1 aromatic carbocycles. The van der Waals surface area contributed by atoms with Gasteiger partial charge in [0, 0.05) is 25.7 Å². The Bertz CT molecular complexity index is 603. The highest BCUT2D eigenvalue weighted by Crippen LogP contribution is 2.22. The van der Waals surface area contributed by atoms with Crippen LogP contribution in [-0.4, -0.2) is 42.4 Å². The number of benzene rings is 1. The monoisotopic (exact) mass is 306 g/mol. The van der Waals surface area contributed by atoms with E-state index in [9.17, 15) is 22.9 Å². The standard InChI is InChI=1S/C11H15FN2O5S/c1-8(15)5-6-13(2)20(18,19)9-3-4-11(14(16)17)10(12)7-9/h3-4,7-8,15H,5-6H2,1-2H3. The lowest BCUT2D eigenvalue weighted by Crippen LogP contribution is -2.29. The van der Waals surface area contributed by atoms with Gasteiger partial charge in [-0.15, -0.1) is 0 Å². The van der Waals surface area contributed by atoms with Gasteiger partial charge in [0.05, 0.1) is 15.9 Å². The van der Waals surface area contributed by atoms with Crippen LogP contribution < -0.4 is 0 Å². The Balaban J connectivity index is 3.04. The number of aliphatic hydroxyl groups is 1. The lowest BCUT2D eigenvalue weighted by Gasteiger charge is -2.17. The molecule has 9 heteroatoms. The number of nitro benzene ring substituents is 1. The third-order valence-electron chi connectivity index (χ3n) is 2.69. The van der Waals surface area contributed by atoms with Crippen LogP contribution in [0.1, 0.15) is 13.3 Å². The molecule has 7 nitrogen and oxygen atoms in total. The molecule has 0 fully saturated rings. The second-order valence-corrected chi connectivity index (χ2v) is 6.38. The fourth-order valence-corrected chi connectivity index (χ4v) is 2.66. The predicted molar refractivity (Wildman–Crippen MR) is 69.2 cm³/mol. The van der Waals surface area contributed by atoms with Gasteiger partial charge in [-0.05, 0) is 19.4 Å². The number of hydrogen-bond donors (Lipinski definition) is 1. The molecule has 0 aromatic heterocycles. The first-order valence-electron chi connectivity index (χ1n) is 5.74. The molecule has 0 spiro atoms. The Kier molecular flexibility index (Phi) is 5.15. The number of hydrogen-bond acceptors (Lipinski definition) is 5. The van der Waals surface area contributed by atoms with E-state index in [2.05, 4.69) is 0 Å². The maximum atomic E-state index is 13.4.